The van der Waals surface area contributed by atoms with E-state index in [2.05, 4.69) is 5.32 Å². The van der Waals surface area contributed by atoms with Crippen LogP contribution in [0.15, 0.2) is 42.5 Å². The van der Waals surface area contributed by atoms with Crippen molar-refractivity contribution in [3.8, 4) is 11.5 Å². The second-order valence-electron chi connectivity index (χ2n) is 4.51. The lowest BCUT2D eigenvalue weighted by atomic mass is 10.1. The molecule has 2 aromatic rings. The van der Waals surface area contributed by atoms with Crippen molar-refractivity contribution >= 4 is 29.3 Å². The summed E-state index contributed by atoms with van der Waals surface area (Å²) in [4.78, 5) is 11.9. The first-order valence-corrected chi connectivity index (χ1v) is 7.08. The van der Waals surface area contributed by atoms with Gasteiger partial charge in [0.1, 0.15) is 0 Å². The molecule has 120 valence electrons. The maximum atomic E-state index is 13.7. The van der Waals surface area contributed by atoms with Gasteiger partial charge in [0.2, 0.25) is 5.91 Å². The van der Waals surface area contributed by atoms with Crippen molar-refractivity contribution in [1.29, 1.82) is 0 Å². The zero-order chi connectivity index (χ0) is 16.8. The zero-order valence-electron chi connectivity index (χ0n) is 12.6. The highest BCUT2D eigenvalue weighted by molar-refractivity contribution is 6.31. The number of halogens is 2. The highest BCUT2D eigenvalue weighted by Gasteiger charge is 2.09. The van der Waals surface area contributed by atoms with E-state index in [4.69, 9.17) is 21.1 Å². The molecule has 0 aliphatic rings. The van der Waals surface area contributed by atoms with Crippen LogP contribution in [-0.2, 0) is 4.79 Å². The molecule has 4 nitrogen and oxygen atoms in total. The summed E-state index contributed by atoms with van der Waals surface area (Å²) in [6, 6.07) is 9.68. The van der Waals surface area contributed by atoms with Crippen LogP contribution < -0.4 is 14.8 Å². The van der Waals surface area contributed by atoms with Crippen LogP contribution in [0.4, 0.5) is 10.1 Å². The van der Waals surface area contributed by atoms with Crippen molar-refractivity contribution in [3.63, 3.8) is 0 Å². The molecule has 0 heterocycles. The standard InChI is InChI=1S/C17H15ClFNO3/c1-22-14-8-3-5-11(17(14)23-2)9-10-15(21)20-13-7-4-6-12(18)16(13)19/h3-10H,1-2H3,(H,20,21)/b10-9+. The predicted octanol–water partition coefficient (Wildman–Crippen LogP) is 4.15. The second kappa shape index (κ2) is 7.65. The minimum Gasteiger partial charge on any atom is -0.493 e. The number of carbonyl (C=O) groups is 1. The number of amides is 1. The number of methoxy groups -OCH3 is 2. The Morgan fingerprint density at radius 2 is 1.91 bits per heavy atom. The van der Waals surface area contributed by atoms with E-state index in [-0.39, 0.29) is 10.7 Å². The Hall–Kier alpha value is -2.53. The van der Waals surface area contributed by atoms with Gasteiger partial charge in [0.25, 0.3) is 0 Å². The third kappa shape index (κ3) is 4.02. The van der Waals surface area contributed by atoms with Crippen LogP contribution in [-0.4, -0.2) is 20.1 Å². The number of anilines is 1. The molecule has 0 radical (unpaired) electrons. The fourth-order valence-corrected chi connectivity index (χ4v) is 2.16. The first kappa shape index (κ1) is 16.8. The highest BCUT2D eigenvalue weighted by atomic mass is 35.5. The Bertz CT molecular complexity index is 747. The van der Waals surface area contributed by atoms with Crippen molar-refractivity contribution in [1.82, 2.24) is 0 Å². The van der Waals surface area contributed by atoms with Crippen LogP contribution >= 0.6 is 11.6 Å². The molecule has 0 saturated heterocycles. The number of para-hydroxylation sites is 1. The van der Waals surface area contributed by atoms with Gasteiger partial charge in [-0.15, -0.1) is 0 Å². The topological polar surface area (TPSA) is 47.6 Å². The lowest BCUT2D eigenvalue weighted by molar-refractivity contribution is -0.111. The van der Waals surface area contributed by atoms with Gasteiger partial charge in [-0.2, -0.15) is 0 Å². The second-order valence-corrected chi connectivity index (χ2v) is 4.91. The van der Waals surface area contributed by atoms with Gasteiger partial charge in [0.15, 0.2) is 17.3 Å². The lowest BCUT2D eigenvalue weighted by Gasteiger charge is -2.10. The average molecular weight is 336 g/mol. The molecular weight excluding hydrogens is 321 g/mol. The van der Waals surface area contributed by atoms with E-state index in [1.165, 1.54) is 32.4 Å². The largest absolute Gasteiger partial charge is 0.493 e. The molecule has 0 fully saturated rings. The Morgan fingerprint density at radius 3 is 2.61 bits per heavy atom. The van der Waals surface area contributed by atoms with E-state index < -0.39 is 11.7 Å². The maximum absolute atomic E-state index is 13.7. The van der Waals surface area contributed by atoms with E-state index >= 15 is 0 Å². The summed E-state index contributed by atoms with van der Waals surface area (Å²) in [5, 5.41) is 2.38. The van der Waals surface area contributed by atoms with E-state index in [1.54, 1.807) is 30.3 Å². The summed E-state index contributed by atoms with van der Waals surface area (Å²) in [6.07, 6.45) is 2.83. The molecule has 1 N–H and O–H groups in total. The van der Waals surface area contributed by atoms with Crippen LogP contribution in [0.2, 0.25) is 5.02 Å². The molecule has 2 rings (SSSR count). The molecule has 0 bridgehead atoms. The van der Waals surface area contributed by atoms with Gasteiger partial charge in [-0.25, -0.2) is 4.39 Å². The number of hydrogen-bond donors (Lipinski definition) is 1. The molecule has 0 aliphatic carbocycles. The molecule has 0 unspecified atom stereocenters. The monoisotopic (exact) mass is 335 g/mol. The number of rotatable bonds is 5. The maximum Gasteiger partial charge on any atom is 0.248 e. The van der Waals surface area contributed by atoms with Crippen molar-refractivity contribution < 1.29 is 18.7 Å². The summed E-state index contributed by atoms with van der Waals surface area (Å²) in [6.45, 7) is 0. The van der Waals surface area contributed by atoms with Gasteiger partial charge in [-0.3, -0.25) is 4.79 Å². The van der Waals surface area contributed by atoms with Crippen LogP contribution in [0, 0.1) is 5.82 Å². The summed E-state index contributed by atoms with van der Waals surface area (Å²) in [5.74, 6) is -0.102. The highest BCUT2D eigenvalue weighted by Crippen LogP contribution is 2.31. The molecule has 1 amide bonds. The minimum absolute atomic E-state index is 0.0183. The average Bonchev–Trinajstić information content (AvgIpc) is 2.56. The Morgan fingerprint density at radius 1 is 1.17 bits per heavy atom. The van der Waals surface area contributed by atoms with E-state index in [0.717, 1.165) is 0 Å². The number of nitrogens with one attached hydrogen (secondary N) is 1. The molecule has 0 atom stereocenters. The van der Waals surface area contributed by atoms with E-state index in [9.17, 15) is 9.18 Å². The smallest absolute Gasteiger partial charge is 0.248 e. The van der Waals surface area contributed by atoms with Gasteiger partial charge < -0.3 is 14.8 Å². The molecule has 0 spiro atoms. The van der Waals surface area contributed by atoms with Crippen molar-refractivity contribution in [2.45, 2.75) is 0 Å². The lowest BCUT2D eigenvalue weighted by Crippen LogP contribution is -2.09. The molecule has 0 aliphatic heterocycles. The Labute approximate surface area is 138 Å². The zero-order valence-corrected chi connectivity index (χ0v) is 13.4. The van der Waals surface area contributed by atoms with Crippen LogP contribution in [0.25, 0.3) is 6.08 Å². The molecule has 0 saturated carbocycles. The molecular formula is C17H15ClFNO3. The third-order valence-corrected chi connectivity index (χ3v) is 3.35. The van der Waals surface area contributed by atoms with Gasteiger partial charge in [-0.05, 0) is 24.3 Å². The molecule has 23 heavy (non-hydrogen) atoms. The van der Waals surface area contributed by atoms with Gasteiger partial charge >= 0.3 is 0 Å². The molecule has 2 aromatic carbocycles. The molecule has 6 heteroatoms. The summed E-state index contributed by atoms with van der Waals surface area (Å²) >= 11 is 5.67. The van der Waals surface area contributed by atoms with E-state index in [1.807, 2.05) is 0 Å². The fraction of sp³-hybridized carbons (Fsp3) is 0.118. The minimum atomic E-state index is -0.671. The van der Waals surface area contributed by atoms with E-state index in [0.29, 0.717) is 17.1 Å². The first-order chi connectivity index (χ1) is 11.1. The van der Waals surface area contributed by atoms with Crippen molar-refractivity contribution in [3.05, 3.63) is 58.9 Å². The number of ether oxygens (including phenoxy) is 2. The Kier molecular flexibility index (Phi) is 5.60. The summed E-state index contributed by atoms with van der Waals surface area (Å²) in [7, 11) is 3.04. The SMILES string of the molecule is COc1cccc(/C=C/C(=O)Nc2cccc(Cl)c2F)c1OC. The Balaban J connectivity index is 2.17. The number of benzene rings is 2. The first-order valence-electron chi connectivity index (χ1n) is 6.71. The fourth-order valence-electron chi connectivity index (χ4n) is 1.98. The van der Waals surface area contributed by atoms with Gasteiger partial charge in [-0.1, -0.05) is 29.8 Å². The van der Waals surface area contributed by atoms with Crippen LogP contribution in [0.3, 0.4) is 0 Å². The number of carbonyl (C=O) groups excluding carboxylic acids is 1. The normalized spacial score (nSPS) is 10.6. The predicted molar refractivity (Wildman–Crippen MR) is 88.6 cm³/mol. The summed E-state index contributed by atoms with van der Waals surface area (Å²) in [5.41, 5.74) is 0.679. The summed E-state index contributed by atoms with van der Waals surface area (Å²) < 4.78 is 24.2. The molecule has 0 aromatic heterocycles. The van der Waals surface area contributed by atoms with Gasteiger partial charge in [0, 0.05) is 11.6 Å². The quantitative estimate of drug-likeness (QED) is 0.835. The van der Waals surface area contributed by atoms with Crippen molar-refractivity contribution in [2.75, 3.05) is 19.5 Å². The van der Waals surface area contributed by atoms with Crippen molar-refractivity contribution in [2.24, 2.45) is 0 Å². The van der Waals surface area contributed by atoms with Gasteiger partial charge in [0.05, 0.1) is 24.9 Å². The number of hydrogen-bond acceptors (Lipinski definition) is 3. The third-order valence-electron chi connectivity index (χ3n) is 3.06. The van der Waals surface area contributed by atoms with Crippen LogP contribution in [0.1, 0.15) is 5.56 Å². The van der Waals surface area contributed by atoms with Crippen LogP contribution in [0.5, 0.6) is 11.5 Å².